The number of hydrogen-bond donors (Lipinski definition) is 1. The maximum absolute atomic E-state index is 11.8. The van der Waals surface area contributed by atoms with Gasteiger partial charge in [0.1, 0.15) is 11.3 Å². The Hall–Kier alpha value is -1.69. The number of amides is 1. The molecule has 1 N–H and O–H groups in total. The number of nitro groups is 1. The molecule has 0 aliphatic heterocycles. The third-order valence-corrected chi connectivity index (χ3v) is 2.90. The van der Waals surface area contributed by atoms with Crippen molar-refractivity contribution in [2.45, 2.75) is 32.6 Å². The van der Waals surface area contributed by atoms with Crippen molar-refractivity contribution in [3.05, 3.63) is 33.1 Å². The van der Waals surface area contributed by atoms with Gasteiger partial charge in [0, 0.05) is 12.6 Å². The molecule has 19 heavy (non-hydrogen) atoms. The Morgan fingerprint density at radius 2 is 2.21 bits per heavy atom. The predicted octanol–water partition coefficient (Wildman–Crippen LogP) is 2.95. The van der Waals surface area contributed by atoms with Gasteiger partial charge in [-0.3, -0.25) is 14.9 Å². The van der Waals surface area contributed by atoms with E-state index >= 15 is 0 Å². The molecule has 6 nitrogen and oxygen atoms in total. The zero-order valence-corrected chi connectivity index (χ0v) is 11.4. The van der Waals surface area contributed by atoms with Crippen LogP contribution in [0.3, 0.4) is 0 Å². The van der Waals surface area contributed by atoms with Gasteiger partial charge in [0.2, 0.25) is 0 Å². The van der Waals surface area contributed by atoms with Crippen molar-refractivity contribution >= 4 is 23.2 Å². The number of carbonyl (C=O) groups excluding carboxylic acids is 1. The van der Waals surface area contributed by atoms with Gasteiger partial charge in [-0.25, -0.2) is 4.98 Å². The Bertz CT molecular complexity index is 466. The van der Waals surface area contributed by atoms with Gasteiger partial charge in [-0.2, -0.15) is 0 Å². The van der Waals surface area contributed by atoms with Gasteiger partial charge in [0.25, 0.3) is 11.6 Å². The molecule has 1 aromatic rings. The number of carbonyl (C=O) groups is 1. The van der Waals surface area contributed by atoms with Gasteiger partial charge in [-0.05, 0) is 6.42 Å². The minimum absolute atomic E-state index is 0.0309. The van der Waals surface area contributed by atoms with Gasteiger partial charge in [-0.15, -0.1) is 0 Å². The molecule has 0 fully saturated rings. The maximum atomic E-state index is 11.8. The van der Waals surface area contributed by atoms with E-state index in [0.717, 1.165) is 37.9 Å². The van der Waals surface area contributed by atoms with E-state index in [4.69, 9.17) is 11.6 Å². The predicted molar refractivity (Wildman–Crippen MR) is 72.4 cm³/mol. The van der Waals surface area contributed by atoms with Crippen LogP contribution >= 0.6 is 11.6 Å². The molecule has 0 atom stereocenters. The van der Waals surface area contributed by atoms with Gasteiger partial charge in [-0.1, -0.05) is 37.8 Å². The summed E-state index contributed by atoms with van der Waals surface area (Å²) in [6, 6.07) is 1.14. The van der Waals surface area contributed by atoms with E-state index in [0.29, 0.717) is 6.54 Å². The number of rotatable bonds is 7. The van der Waals surface area contributed by atoms with E-state index in [1.54, 1.807) is 0 Å². The molecule has 1 rings (SSSR count). The lowest BCUT2D eigenvalue weighted by Crippen LogP contribution is -2.25. The highest BCUT2D eigenvalue weighted by Crippen LogP contribution is 2.18. The first-order valence-electron chi connectivity index (χ1n) is 6.14. The quantitative estimate of drug-likeness (QED) is 0.361. The average molecular weight is 286 g/mol. The van der Waals surface area contributed by atoms with E-state index in [-0.39, 0.29) is 16.4 Å². The van der Waals surface area contributed by atoms with Crippen LogP contribution in [0, 0.1) is 10.1 Å². The molecular formula is C12H16ClN3O3. The third-order valence-electron chi connectivity index (χ3n) is 2.60. The molecule has 7 heteroatoms. The van der Waals surface area contributed by atoms with E-state index in [2.05, 4.69) is 17.2 Å². The minimum atomic E-state index is -0.610. The molecular weight excluding hydrogens is 270 g/mol. The number of nitrogens with zero attached hydrogens (tertiary/aromatic N) is 2. The van der Waals surface area contributed by atoms with Crippen molar-refractivity contribution in [2.24, 2.45) is 0 Å². The molecule has 0 aromatic carbocycles. The molecule has 0 aliphatic carbocycles. The SMILES string of the molecule is CCCCCCNC(=O)c1cc([N+](=O)[O-])cnc1Cl. The standard InChI is InChI=1S/C12H16ClN3O3/c1-2-3-4-5-6-14-12(17)10-7-9(16(18)19)8-15-11(10)13/h7-8H,2-6H2,1H3,(H,14,17). The van der Waals surface area contributed by atoms with Crippen LogP contribution in [-0.2, 0) is 0 Å². The largest absolute Gasteiger partial charge is 0.352 e. The van der Waals surface area contributed by atoms with Crippen LogP contribution in [0.15, 0.2) is 12.3 Å². The Kier molecular flexibility index (Phi) is 6.21. The van der Waals surface area contributed by atoms with Crippen LogP contribution in [-0.4, -0.2) is 22.4 Å². The minimum Gasteiger partial charge on any atom is -0.352 e. The van der Waals surface area contributed by atoms with E-state index in [9.17, 15) is 14.9 Å². The second-order valence-corrected chi connectivity index (χ2v) is 4.46. The first-order valence-corrected chi connectivity index (χ1v) is 6.52. The normalized spacial score (nSPS) is 10.2. The van der Waals surface area contributed by atoms with Crippen LogP contribution in [0.1, 0.15) is 43.0 Å². The number of unbranched alkanes of at least 4 members (excludes halogenated alkanes) is 3. The highest BCUT2D eigenvalue weighted by atomic mass is 35.5. The molecule has 1 aromatic heterocycles. The molecule has 0 bridgehead atoms. The maximum Gasteiger partial charge on any atom is 0.288 e. The monoisotopic (exact) mass is 285 g/mol. The summed E-state index contributed by atoms with van der Waals surface area (Å²) in [5.41, 5.74) is -0.216. The highest BCUT2D eigenvalue weighted by molar-refractivity contribution is 6.32. The molecule has 0 aliphatic rings. The summed E-state index contributed by atoms with van der Waals surface area (Å²) in [6.45, 7) is 2.63. The Labute approximate surface area is 116 Å². The van der Waals surface area contributed by atoms with Crippen molar-refractivity contribution in [1.82, 2.24) is 10.3 Å². The first-order chi connectivity index (χ1) is 9.06. The molecule has 0 unspecified atom stereocenters. The Balaban J connectivity index is 2.61. The van der Waals surface area contributed by atoms with Crippen LogP contribution < -0.4 is 5.32 Å². The highest BCUT2D eigenvalue weighted by Gasteiger charge is 2.16. The van der Waals surface area contributed by atoms with Crippen LogP contribution in [0.25, 0.3) is 0 Å². The molecule has 1 amide bonds. The van der Waals surface area contributed by atoms with Gasteiger partial charge >= 0.3 is 0 Å². The molecule has 0 spiro atoms. The summed E-state index contributed by atoms with van der Waals surface area (Å²) in [5, 5.41) is 13.3. The van der Waals surface area contributed by atoms with E-state index < -0.39 is 10.8 Å². The summed E-state index contributed by atoms with van der Waals surface area (Å²) in [6.07, 6.45) is 5.18. The molecule has 0 radical (unpaired) electrons. The summed E-state index contributed by atoms with van der Waals surface area (Å²) in [7, 11) is 0. The van der Waals surface area contributed by atoms with E-state index in [1.165, 1.54) is 0 Å². The molecule has 104 valence electrons. The lowest BCUT2D eigenvalue weighted by atomic mass is 10.2. The van der Waals surface area contributed by atoms with Crippen LogP contribution in [0.5, 0.6) is 0 Å². The summed E-state index contributed by atoms with van der Waals surface area (Å²) < 4.78 is 0. The molecule has 0 saturated heterocycles. The van der Waals surface area contributed by atoms with Crippen LogP contribution in [0.2, 0.25) is 5.15 Å². The van der Waals surface area contributed by atoms with Crippen molar-refractivity contribution in [1.29, 1.82) is 0 Å². The second-order valence-electron chi connectivity index (χ2n) is 4.11. The fraction of sp³-hybridized carbons (Fsp3) is 0.500. The van der Waals surface area contributed by atoms with Gasteiger partial charge < -0.3 is 5.32 Å². The summed E-state index contributed by atoms with van der Waals surface area (Å²) in [5.74, 6) is -0.433. The fourth-order valence-corrected chi connectivity index (χ4v) is 1.73. The van der Waals surface area contributed by atoms with Gasteiger partial charge in [0.05, 0.1) is 10.5 Å². The summed E-state index contributed by atoms with van der Waals surface area (Å²) in [4.78, 5) is 25.5. The zero-order valence-electron chi connectivity index (χ0n) is 10.7. The average Bonchev–Trinajstić information content (AvgIpc) is 2.38. The van der Waals surface area contributed by atoms with Crippen molar-refractivity contribution in [3.63, 3.8) is 0 Å². The van der Waals surface area contributed by atoms with Gasteiger partial charge in [0.15, 0.2) is 0 Å². The molecule has 1 heterocycles. The lowest BCUT2D eigenvalue weighted by Gasteiger charge is -2.05. The Morgan fingerprint density at radius 1 is 1.47 bits per heavy atom. The third kappa shape index (κ3) is 4.82. The number of pyridine rings is 1. The second kappa shape index (κ2) is 7.68. The lowest BCUT2D eigenvalue weighted by molar-refractivity contribution is -0.385. The number of aromatic nitrogens is 1. The zero-order chi connectivity index (χ0) is 14.3. The number of halogens is 1. The van der Waals surface area contributed by atoms with Crippen LogP contribution in [0.4, 0.5) is 5.69 Å². The van der Waals surface area contributed by atoms with Crippen molar-refractivity contribution < 1.29 is 9.72 Å². The number of nitrogens with one attached hydrogen (secondary N) is 1. The summed E-state index contributed by atoms with van der Waals surface area (Å²) >= 11 is 5.76. The number of hydrogen-bond acceptors (Lipinski definition) is 4. The smallest absolute Gasteiger partial charge is 0.288 e. The van der Waals surface area contributed by atoms with Crippen molar-refractivity contribution in [2.75, 3.05) is 6.54 Å². The molecule has 0 saturated carbocycles. The van der Waals surface area contributed by atoms with Crippen molar-refractivity contribution in [3.8, 4) is 0 Å². The topological polar surface area (TPSA) is 85.1 Å². The Morgan fingerprint density at radius 3 is 2.84 bits per heavy atom. The fourth-order valence-electron chi connectivity index (χ4n) is 1.55. The van der Waals surface area contributed by atoms with E-state index in [1.807, 2.05) is 0 Å². The first kappa shape index (κ1) is 15.4.